The van der Waals surface area contributed by atoms with Crippen molar-refractivity contribution in [2.24, 2.45) is 0 Å². The molecule has 0 atom stereocenters. The lowest BCUT2D eigenvalue weighted by atomic mass is 10.6. The molecular formula is C6H4ClN3S. The molecule has 0 bridgehead atoms. The number of hydrogen-bond donors (Lipinski definition) is 0. The maximum Gasteiger partial charge on any atom is 0.154 e. The molecule has 0 radical (unpaired) electrons. The molecule has 0 aromatic carbocycles. The van der Waals surface area contributed by atoms with Crippen molar-refractivity contribution in [2.45, 2.75) is 4.90 Å². The summed E-state index contributed by atoms with van der Waals surface area (Å²) in [5, 5.41) is 4.01. The molecule has 0 aliphatic heterocycles. The van der Waals surface area contributed by atoms with Crippen molar-refractivity contribution in [1.29, 1.82) is 0 Å². The predicted octanol–water partition coefficient (Wildman–Crippen LogP) is 1.98. The van der Waals surface area contributed by atoms with E-state index < -0.39 is 0 Å². The first-order valence-corrected chi connectivity index (χ1v) is 4.62. The van der Waals surface area contributed by atoms with E-state index in [0.29, 0.717) is 0 Å². The van der Waals surface area contributed by atoms with Crippen LogP contribution in [0.4, 0.5) is 0 Å². The highest BCUT2D eigenvalue weighted by atomic mass is 35.7. The maximum absolute atomic E-state index is 5.53. The van der Waals surface area contributed by atoms with Crippen LogP contribution in [0.3, 0.4) is 0 Å². The number of aromatic nitrogens is 3. The molecule has 0 saturated heterocycles. The van der Waals surface area contributed by atoms with E-state index in [9.17, 15) is 0 Å². The summed E-state index contributed by atoms with van der Waals surface area (Å²) in [6.07, 6.45) is 5.25. The van der Waals surface area contributed by atoms with Crippen LogP contribution in [0, 0.1) is 0 Å². The van der Waals surface area contributed by atoms with Crippen LogP contribution in [0.5, 0.6) is 0 Å². The third kappa shape index (κ3) is 1.19. The summed E-state index contributed by atoms with van der Waals surface area (Å²) < 4.78 is 1.69. The van der Waals surface area contributed by atoms with E-state index in [0.717, 1.165) is 21.5 Å². The van der Waals surface area contributed by atoms with Crippen molar-refractivity contribution in [1.82, 2.24) is 14.6 Å². The summed E-state index contributed by atoms with van der Waals surface area (Å²) >= 11 is 0. The Morgan fingerprint density at radius 2 is 2.45 bits per heavy atom. The van der Waals surface area contributed by atoms with Gasteiger partial charge in [0.15, 0.2) is 5.65 Å². The van der Waals surface area contributed by atoms with Crippen molar-refractivity contribution >= 4 is 27.3 Å². The van der Waals surface area contributed by atoms with Gasteiger partial charge in [-0.05, 0) is 21.7 Å². The Balaban J connectivity index is 2.67. The normalized spacial score (nSPS) is 10.6. The number of halogens is 1. The minimum Gasteiger partial charge on any atom is -0.236 e. The number of nitrogens with zero attached hydrogens (tertiary/aromatic N) is 3. The Hall–Kier alpha value is -0.740. The lowest BCUT2D eigenvalue weighted by Crippen LogP contribution is -1.88. The molecule has 0 aliphatic rings. The number of fused-ring (bicyclic) bond motifs is 1. The molecule has 2 aromatic heterocycles. The fourth-order valence-corrected chi connectivity index (χ4v) is 1.30. The van der Waals surface area contributed by atoms with E-state index in [-0.39, 0.29) is 0 Å². The summed E-state index contributed by atoms with van der Waals surface area (Å²) in [7, 11) is 6.67. The molecule has 0 amide bonds. The van der Waals surface area contributed by atoms with Crippen LogP contribution in [-0.2, 0) is 0 Å². The van der Waals surface area contributed by atoms with E-state index >= 15 is 0 Å². The highest BCUT2D eigenvalue weighted by molar-refractivity contribution is 8.21. The predicted molar refractivity (Wildman–Crippen MR) is 44.7 cm³/mol. The fraction of sp³-hybridized carbons (Fsp3) is 0. The molecule has 2 rings (SSSR count). The monoisotopic (exact) mass is 185 g/mol. The van der Waals surface area contributed by atoms with Gasteiger partial charge in [-0.2, -0.15) is 5.10 Å². The molecule has 2 aromatic rings. The van der Waals surface area contributed by atoms with Gasteiger partial charge in [-0.25, -0.2) is 9.50 Å². The molecule has 56 valence electrons. The lowest BCUT2D eigenvalue weighted by Gasteiger charge is -1.93. The maximum atomic E-state index is 5.53. The zero-order valence-electron chi connectivity index (χ0n) is 5.44. The van der Waals surface area contributed by atoms with Crippen molar-refractivity contribution < 1.29 is 0 Å². The SMILES string of the molecule is ClSc1cnc2ccnn2c1. The Morgan fingerprint density at radius 3 is 3.27 bits per heavy atom. The Kier molecular flexibility index (Phi) is 1.71. The summed E-state index contributed by atoms with van der Waals surface area (Å²) in [6.45, 7) is 0. The third-order valence-corrected chi connectivity index (χ3v) is 2.24. The zero-order valence-corrected chi connectivity index (χ0v) is 7.01. The molecule has 0 spiro atoms. The lowest BCUT2D eigenvalue weighted by molar-refractivity contribution is 0.914. The van der Waals surface area contributed by atoms with Crippen LogP contribution in [0.2, 0.25) is 0 Å². The second-order valence-electron chi connectivity index (χ2n) is 2.00. The first-order valence-electron chi connectivity index (χ1n) is 2.98. The van der Waals surface area contributed by atoms with Gasteiger partial charge in [-0.15, -0.1) is 0 Å². The Labute approximate surface area is 71.9 Å². The molecule has 2 heterocycles. The van der Waals surface area contributed by atoms with Gasteiger partial charge in [-0.1, -0.05) is 0 Å². The third-order valence-electron chi connectivity index (χ3n) is 1.31. The van der Waals surface area contributed by atoms with Crippen molar-refractivity contribution in [3.8, 4) is 0 Å². The Morgan fingerprint density at radius 1 is 1.55 bits per heavy atom. The minimum absolute atomic E-state index is 0.833. The smallest absolute Gasteiger partial charge is 0.154 e. The molecule has 0 unspecified atom stereocenters. The molecule has 0 aliphatic carbocycles. The number of hydrogen-bond acceptors (Lipinski definition) is 3. The molecule has 3 nitrogen and oxygen atoms in total. The summed E-state index contributed by atoms with van der Waals surface area (Å²) in [5.74, 6) is 0. The highest BCUT2D eigenvalue weighted by Gasteiger charge is 1.95. The van der Waals surface area contributed by atoms with Gasteiger partial charge in [-0.3, -0.25) is 0 Å². The van der Waals surface area contributed by atoms with Gasteiger partial charge in [0.25, 0.3) is 0 Å². The average Bonchev–Trinajstić information content (AvgIpc) is 2.50. The molecule has 0 N–H and O–H groups in total. The van der Waals surface area contributed by atoms with Crippen LogP contribution in [0.1, 0.15) is 0 Å². The second-order valence-corrected chi connectivity index (χ2v) is 3.09. The van der Waals surface area contributed by atoms with Gasteiger partial charge in [0, 0.05) is 18.5 Å². The van der Waals surface area contributed by atoms with Crippen LogP contribution in [0.25, 0.3) is 5.65 Å². The van der Waals surface area contributed by atoms with Gasteiger partial charge < -0.3 is 0 Å². The first-order chi connectivity index (χ1) is 5.40. The largest absolute Gasteiger partial charge is 0.236 e. The van der Waals surface area contributed by atoms with Gasteiger partial charge in [0.1, 0.15) is 0 Å². The van der Waals surface area contributed by atoms with E-state index in [1.165, 1.54) is 0 Å². The second kappa shape index (κ2) is 2.71. The molecular weight excluding hydrogens is 182 g/mol. The minimum atomic E-state index is 0.833. The van der Waals surface area contributed by atoms with Crippen molar-refractivity contribution in [2.75, 3.05) is 0 Å². The Bertz CT molecular complexity index is 373. The van der Waals surface area contributed by atoms with E-state index in [1.54, 1.807) is 16.9 Å². The van der Waals surface area contributed by atoms with Gasteiger partial charge in [0.2, 0.25) is 0 Å². The van der Waals surface area contributed by atoms with Crippen molar-refractivity contribution in [3.05, 3.63) is 24.7 Å². The molecule has 11 heavy (non-hydrogen) atoms. The summed E-state index contributed by atoms with van der Waals surface area (Å²) in [4.78, 5) is 5.00. The van der Waals surface area contributed by atoms with E-state index in [1.807, 2.05) is 12.3 Å². The van der Waals surface area contributed by atoms with Crippen LogP contribution in [-0.4, -0.2) is 14.6 Å². The summed E-state index contributed by atoms with van der Waals surface area (Å²) in [5.41, 5.74) is 0.833. The van der Waals surface area contributed by atoms with E-state index in [2.05, 4.69) is 10.1 Å². The summed E-state index contributed by atoms with van der Waals surface area (Å²) in [6, 6.07) is 1.84. The number of rotatable bonds is 1. The van der Waals surface area contributed by atoms with Crippen LogP contribution in [0.15, 0.2) is 29.6 Å². The standard InChI is InChI=1S/C6H4ClN3S/c7-11-5-3-8-6-1-2-9-10(6)4-5/h1-4H. The molecule has 0 fully saturated rings. The quantitative estimate of drug-likeness (QED) is 0.681. The van der Waals surface area contributed by atoms with E-state index in [4.69, 9.17) is 10.7 Å². The first kappa shape index (κ1) is 6.94. The zero-order chi connectivity index (χ0) is 7.68. The fourth-order valence-electron chi connectivity index (χ4n) is 0.832. The van der Waals surface area contributed by atoms with Crippen LogP contribution >= 0.6 is 21.7 Å². The molecule has 0 saturated carbocycles. The average molecular weight is 186 g/mol. The topological polar surface area (TPSA) is 30.2 Å². The highest BCUT2D eigenvalue weighted by Crippen LogP contribution is 2.20. The van der Waals surface area contributed by atoms with Crippen LogP contribution < -0.4 is 0 Å². The molecule has 5 heteroatoms. The van der Waals surface area contributed by atoms with Crippen molar-refractivity contribution in [3.63, 3.8) is 0 Å². The van der Waals surface area contributed by atoms with Gasteiger partial charge in [0.05, 0.1) is 11.1 Å². The van der Waals surface area contributed by atoms with Gasteiger partial charge >= 0.3 is 0 Å².